The van der Waals surface area contributed by atoms with Gasteiger partial charge in [0.25, 0.3) is 0 Å². The van der Waals surface area contributed by atoms with Crippen molar-refractivity contribution in [2.45, 2.75) is 46.0 Å². The van der Waals surface area contributed by atoms with Gasteiger partial charge in [0.2, 0.25) is 11.8 Å². The quantitative estimate of drug-likeness (QED) is 0.780. The van der Waals surface area contributed by atoms with E-state index in [1.54, 1.807) is 11.3 Å². The van der Waals surface area contributed by atoms with E-state index in [1.807, 2.05) is 0 Å². The van der Waals surface area contributed by atoms with Gasteiger partial charge in [-0.1, -0.05) is 32.6 Å². The van der Waals surface area contributed by atoms with Crippen LogP contribution in [0, 0.1) is 6.92 Å². The third-order valence-electron chi connectivity index (χ3n) is 2.98. The Balaban J connectivity index is 1.96. The van der Waals surface area contributed by atoms with Gasteiger partial charge in [-0.2, -0.15) is 4.98 Å². The van der Waals surface area contributed by atoms with Crippen LogP contribution in [0.2, 0.25) is 0 Å². The minimum atomic E-state index is 0.287. The van der Waals surface area contributed by atoms with Gasteiger partial charge >= 0.3 is 0 Å². The fourth-order valence-electron chi connectivity index (χ4n) is 2.02. The molecule has 0 aliphatic heterocycles. The Morgan fingerprint density at radius 1 is 1.21 bits per heavy atom. The van der Waals surface area contributed by atoms with Crippen molar-refractivity contribution < 1.29 is 4.74 Å². The highest BCUT2D eigenvalue weighted by atomic mass is 32.1. The van der Waals surface area contributed by atoms with Crippen molar-refractivity contribution in [2.24, 2.45) is 0 Å². The van der Waals surface area contributed by atoms with E-state index >= 15 is 0 Å². The van der Waals surface area contributed by atoms with Crippen LogP contribution in [0.3, 0.4) is 0 Å². The highest BCUT2D eigenvalue weighted by Crippen LogP contribution is 2.30. The van der Waals surface area contributed by atoms with Gasteiger partial charge in [0.15, 0.2) is 0 Å². The molecule has 5 heteroatoms. The summed E-state index contributed by atoms with van der Waals surface area (Å²) in [7, 11) is 0. The number of hydrogen-bond acceptors (Lipinski definition) is 5. The number of nitrogen functional groups attached to an aromatic ring is 1. The second-order valence-corrected chi connectivity index (χ2v) is 5.96. The number of nitrogens with two attached hydrogens (primary N) is 1. The average molecular weight is 279 g/mol. The first kappa shape index (κ1) is 14.1. The molecule has 0 bridgehead atoms. The lowest BCUT2D eigenvalue weighted by molar-refractivity contribution is 0.297. The number of ether oxygens (including phenoxy) is 1. The summed E-state index contributed by atoms with van der Waals surface area (Å²) < 4.78 is 5.77. The maximum absolute atomic E-state index is 5.77. The second kappa shape index (κ2) is 6.70. The molecule has 2 aromatic heterocycles. The van der Waals surface area contributed by atoms with Crippen LogP contribution in [-0.4, -0.2) is 16.6 Å². The molecule has 0 aliphatic rings. The molecule has 2 rings (SSSR count). The van der Waals surface area contributed by atoms with Gasteiger partial charge in [-0.05, 0) is 19.4 Å². The summed E-state index contributed by atoms with van der Waals surface area (Å²) in [6.45, 7) is 4.97. The van der Waals surface area contributed by atoms with E-state index in [2.05, 4.69) is 29.9 Å². The molecular formula is C14H21N3OS. The largest absolute Gasteiger partial charge is 0.477 e. The van der Waals surface area contributed by atoms with Crippen LogP contribution in [-0.2, 0) is 0 Å². The van der Waals surface area contributed by atoms with Crippen LogP contribution in [0.15, 0.2) is 6.07 Å². The summed E-state index contributed by atoms with van der Waals surface area (Å²) >= 11 is 1.62. The van der Waals surface area contributed by atoms with Crippen molar-refractivity contribution in [3.05, 3.63) is 10.9 Å². The molecule has 2 N–H and O–H groups in total. The minimum absolute atomic E-state index is 0.287. The van der Waals surface area contributed by atoms with Gasteiger partial charge in [0.05, 0.1) is 12.0 Å². The fourth-order valence-corrected chi connectivity index (χ4v) is 2.89. The van der Waals surface area contributed by atoms with E-state index in [0.717, 1.165) is 16.6 Å². The van der Waals surface area contributed by atoms with E-state index in [0.29, 0.717) is 12.5 Å². The van der Waals surface area contributed by atoms with Crippen molar-refractivity contribution in [2.75, 3.05) is 12.3 Å². The van der Waals surface area contributed by atoms with Gasteiger partial charge in [-0.15, -0.1) is 11.3 Å². The highest BCUT2D eigenvalue weighted by Gasteiger charge is 2.10. The predicted octanol–water partition coefficient (Wildman–Crippen LogP) is 3.93. The number of rotatable bonds is 7. The maximum atomic E-state index is 5.77. The number of aryl methyl sites for hydroxylation is 1. The van der Waals surface area contributed by atoms with Crippen LogP contribution in [0.25, 0.3) is 10.2 Å². The summed E-state index contributed by atoms with van der Waals surface area (Å²) in [6.07, 6.45) is 6.11. The predicted molar refractivity (Wildman–Crippen MR) is 80.8 cm³/mol. The zero-order chi connectivity index (χ0) is 13.7. The average Bonchev–Trinajstić information content (AvgIpc) is 2.73. The summed E-state index contributed by atoms with van der Waals surface area (Å²) in [5, 5.41) is 0.977. The fraction of sp³-hybridized carbons (Fsp3) is 0.571. The topological polar surface area (TPSA) is 61.0 Å². The van der Waals surface area contributed by atoms with E-state index in [9.17, 15) is 0 Å². The van der Waals surface area contributed by atoms with E-state index in [-0.39, 0.29) is 5.95 Å². The third-order valence-corrected chi connectivity index (χ3v) is 3.93. The first-order chi connectivity index (χ1) is 9.20. The maximum Gasteiger partial charge on any atom is 0.227 e. The lowest BCUT2D eigenvalue weighted by Crippen LogP contribution is -2.02. The zero-order valence-corrected chi connectivity index (χ0v) is 12.4. The van der Waals surface area contributed by atoms with Gasteiger partial charge in [-0.25, -0.2) is 4.98 Å². The zero-order valence-electron chi connectivity index (χ0n) is 11.6. The summed E-state index contributed by atoms with van der Waals surface area (Å²) in [5.74, 6) is 0.915. The van der Waals surface area contributed by atoms with E-state index < -0.39 is 0 Å². The van der Waals surface area contributed by atoms with Crippen molar-refractivity contribution in [1.82, 2.24) is 9.97 Å². The van der Waals surface area contributed by atoms with E-state index in [4.69, 9.17) is 10.5 Å². The number of unbranched alkanes of at least 4 members (excludes halogenated alkanes) is 4. The first-order valence-electron chi connectivity index (χ1n) is 6.87. The molecule has 0 radical (unpaired) electrons. The molecule has 104 valence electrons. The molecule has 0 amide bonds. The second-order valence-electron chi connectivity index (χ2n) is 4.73. The molecule has 19 heavy (non-hydrogen) atoms. The lowest BCUT2D eigenvalue weighted by Gasteiger charge is -2.06. The Morgan fingerprint density at radius 3 is 2.79 bits per heavy atom. The van der Waals surface area contributed by atoms with Crippen LogP contribution >= 0.6 is 11.3 Å². The van der Waals surface area contributed by atoms with Gasteiger partial charge in [0.1, 0.15) is 4.83 Å². The molecule has 2 aromatic rings. The van der Waals surface area contributed by atoms with Crippen molar-refractivity contribution >= 4 is 27.5 Å². The Bertz CT molecular complexity index is 539. The monoisotopic (exact) mass is 279 g/mol. The molecule has 0 atom stereocenters. The lowest BCUT2D eigenvalue weighted by atomic mass is 10.2. The molecule has 0 aliphatic carbocycles. The molecule has 0 aromatic carbocycles. The minimum Gasteiger partial charge on any atom is -0.477 e. The summed E-state index contributed by atoms with van der Waals surface area (Å²) in [6, 6.07) is 2.06. The summed E-state index contributed by atoms with van der Waals surface area (Å²) in [5.41, 5.74) is 5.71. The molecule has 4 nitrogen and oxygen atoms in total. The van der Waals surface area contributed by atoms with E-state index in [1.165, 1.54) is 30.6 Å². The van der Waals surface area contributed by atoms with Crippen LogP contribution in [0.1, 0.15) is 43.9 Å². The van der Waals surface area contributed by atoms with Crippen LogP contribution < -0.4 is 10.5 Å². The first-order valence-corrected chi connectivity index (χ1v) is 7.69. The Morgan fingerprint density at radius 2 is 2.00 bits per heavy atom. The standard InChI is InChI=1S/C14H21N3OS/c1-3-4-5-6-7-8-18-12-11-9-10(2)19-13(11)17-14(15)16-12/h9H,3-8H2,1-2H3,(H2,15,16,17). The smallest absolute Gasteiger partial charge is 0.227 e. The number of aromatic nitrogens is 2. The van der Waals surface area contributed by atoms with Gasteiger partial charge in [-0.3, -0.25) is 0 Å². The van der Waals surface area contributed by atoms with Crippen molar-refractivity contribution in [1.29, 1.82) is 0 Å². The molecule has 0 saturated carbocycles. The van der Waals surface area contributed by atoms with Gasteiger partial charge < -0.3 is 10.5 Å². The van der Waals surface area contributed by atoms with Gasteiger partial charge in [0, 0.05) is 4.88 Å². The Hall–Kier alpha value is -1.36. The molecule has 2 heterocycles. The number of fused-ring (bicyclic) bond motifs is 1. The number of nitrogens with zero attached hydrogens (tertiary/aromatic N) is 2. The summed E-state index contributed by atoms with van der Waals surface area (Å²) in [4.78, 5) is 10.5. The van der Waals surface area contributed by atoms with Crippen LogP contribution in [0.5, 0.6) is 5.88 Å². The SMILES string of the molecule is CCCCCCCOc1nc(N)nc2sc(C)cc12. The number of anilines is 1. The highest BCUT2D eigenvalue weighted by molar-refractivity contribution is 7.18. The molecule has 0 unspecified atom stereocenters. The number of thiophene rings is 1. The Labute approximate surface area is 118 Å². The Kier molecular flexibility index (Phi) is 4.96. The molecule has 0 fully saturated rings. The third kappa shape index (κ3) is 3.80. The molecule has 0 saturated heterocycles. The number of hydrogen-bond donors (Lipinski definition) is 1. The molecule has 0 spiro atoms. The normalized spacial score (nSPS) is 11.1. The van der Waals surface area contributed by atoms with Crippen LogP contribution in [0.4, 0.5) is 5.95 Å². The molecular weight excluding hydrogens is 258 g/mol. The van der Waals surface area contributed by atoms with Crippen molar-refractivity contribution in [3.8, 4) is 5.88 Å². The van der Waals surface area contributed by atoms with Crippen molar-refractivity contribution in [3.63, 3.8) is 0 Å².